The van der Waals surface area contributed by atoms with Gasteiger partial charge in [-0.3, -0.25) is 4.68 Å². The van der Waals surface area contributed by atoms with Gasteiger partial charge in [-0.15, -0.1) is 0 Å². The standard InChI is InChI=1S/C25H31N7O3/c1-16(2)35-21-12-31(13-21)25(33)26-11-19-5-4-18(8-17(19)3)22-10-23(28-15-27-22)29-24-9-20-14-34-7-6-32(20)30-24/h4-5,8-10,15-16,21H,6-7,11-14H2,1-3H3,(H,26,33)(H,27,28,29,30). The zero-order chi connectivity index (χ0) is 24.4. The van der Waals surface area contributed by atoms with Gasteiger partial charge in [0.25, 0.3) is 0 Å². The third kappa shape index (κ3) is 5.44. The molecule has 0 radical (unpaired) electrons. The fraction of sp³-hybridized carbons (Fsp3) is 0.440. The largest absolute Gasteiger partial charge is 0.373 e. The minimum Gasteiger partial charge on any atom is -0.373 e. The van der Waals surface area contributed by atoms with Crippen LogP contribution in [0.15, 0.2) is 36.7 Å². The van der Waals surface area contributed by atoms with Crippen molar-refractivity contribution in [2.45, 2.75) is 52.7 Å². The summed E-state index contributed by atoms with van der Waals surface area (Å²) in [5.41, 5.74) is 4.99. The van der Waals surface area contributed by atoms with E-state index in [0.29, 0.717) is 38.7 Å². The van der Waals surface area contributed by atoms with Crippen LogP contribution in [0.4, 0.5) is 16.4 Å². The Morgan fingerprint density at radius 1 is 1.20 bits per heavy atom. The number of aromatic nitrogens is 4. The number of rotatable bonds is 7. The van der Waals surface area contributed by atoms with Crippen molar-refractivity contribution in [3.63, 3.8) is 0 Å². The number of urea groups is 1. The highest BCUT2D eigenvalue weighted by Gasteiger charge is 2.31. The lowest BCUT2D eigenvalue weighted by Crippen LogP contribution is -2.58. The molecule has 2 N–H and O–H groups in total. The maximum absolute atomic E-state index is 12.4. The topological polar surface area (TPSA) is 106 Å². The van der Waals surface area contributed by atoms with Crippen LogP contribution < -0.4 is 10.6 Å². The summed E-state index contributed by atoms with van der Waals surface area (Å²) in [6.45, 7) is 9.82. The van der Waals surface area contributed by atoms with Crippen LogP contribution in [-0.4, -0.2) is 62.6 Å². The van der Waals surface area contributed by atoms with Gasteiger partial charge in [0.15, 0.2) is 5.82 Å². The van der Waals surface area contributed by atoms with Gasteiger partial charge in [-0.1, -0.05) is 12.1 Å². The minimum atomic E-state index is -0.0591. The Morgan fingerprint density at radius 2 is 2.06 bits per heavy atom. The third-order valence-corrected chi connectivity index (χ3v) is 6.15. The minimum absolute atomic E-state index is 0.0591. The summed E-state index contributed by atoms with van der Waals surface area (Å²) in [6, 6.07) is 9.96. The average molecular weight is 478 g/mol. The maximum atomic E-state index is 12.4. The summed E-state index contributed by atoms with van der Waals surface area (Å²) < 4.78 is 13.2. The highest BCUT2D eigenvalue weighted by atomic mass is 16.5. The number of benzene rings is 1. The van der Waals surface area contributed by atoms with Gasteiger partial charge in [-0.05, 0) is 38.0 Å². The second-order valence-electron chi connectivity index (χ2n) is 9.22. The van der Waals surface area contributed by atoms with Crippen LogP contribution in [-0.2, 0) is 29.2 Å². The number of fused-ring (bicyclic) bond motifs is 1. The van der Waals surface area contributed by atoms with Crippen molar-refractivity contribution in [3.05, 3.63) is 53.5 Å². The van der Waals surface area contributed by atoms with Gasteiger partial charge >= 0.3 is 6.03 Å². The molecular weight excluding hydrogens is 446 g/mol. The van der Waals surface area contributed by atoms with Crippen molar-refractivity contribution >= 4 is 17.7 Å². The first-order valence-electron chi connectivity index (χ1n) is 12.0. The molecule has 0 saturated carbocycles. The molecule has 35 heavy (non-hydrogen) atoms. The summed E-state index contributed by atoms with van der Waals surface area (Å²) in [6.07, 6.45) is 1.87. The van der Waals surface area contributed by atoms with Crippen molar-refractivity contribution in [2.75, 3.05) is 25.0 Å². The number of amides is 2. The summed E-state index contributed by atoms with van der Waals surface area (Å²) in [5.74, 6) is 1.41. The van der Waals surface area contributed by atoms with E-state index in [9.17, 15) is 4.79 Å². The number of nitrogens with zero attached hydrogens (tertiary/aromatic N) is 5. The first kappa shape index (κ1) is 23.3. The zero-order valence-corrected chi connectivity index (χ0v) is 20.3. The molecule has 184 valence electrons. The summed E-state index contributed by atoms with van der Waals surface area (Å²) in [4.78, 5) is 23.0. The molecular formula is C25H31N7O3. The van der Waals surface area contributed by atoms with E-state index in [2.05, 4.69) is 31.8 Å². The highest BCUT2D eigenvalue weighted by Crippen LogP contribution is 2.24. The molecule has 0 atom stereocenters. The van der Waals surface area contributed by atoms with Crippen molar-refractivity contribution < 1.29 is 14.3 Å². The van der Waals surface area contributed by atoms with E-state index in [-0.39, 0.29) is 18.2 Å². The van der Waals surface area contributed by atoms with Crippen LogP contribution in [0.5, 0.6) is 0 Å². The van der Waals surface area contributed by atoms with E-state index < -0.39 is 0 Å². The number of likely N-dealkylation sites (tertiary alicyclic amines) is 1. The third-order valence-electron chi connectivity index (χ3n) is 6.15. The smallest absolute Gasteiger partial charge is 0.317 e. The Morgan fingerprint density at radius 3 is 2.83 bits per heavy atom. The zero-order valence-electron chi connectivity index (χ0n) is 20.3. The van der Waals surface area contributed by atoms with Crippen LogP contribution in [0.1, 0.15) is 30.7 Å². The van der Waals surface area contributed by atoms with E-state index in [4.69, 9.17) is 9.47 Å². The Balaban J connectivity index is 1.19. The predicted molar refractivity (Wildman–Crippen MR) is 131 cm³/mol. The quantitative estimate of drug-likeness (QED) is 0.538. The van der Waals surface area contributed by atoms with Gasteiger partial charge < -0.3 is 25.0 Å². The molecule has 0 spiro atoms. The van der Waals surface area contributed by atoms with Crippen molar-refractivity contribution in [2.24, 2.45) is 0 Å². The molecule has 1 saturated heterocycles. The molecule has 0 unspecified atom stereocenters. The molecule has 2 aliphatic rings. The van der Waals surface area contributed by atoms with Gasteiger partial charge in [-0.2, -0.15) is 5.10 Å². The number of hydrogen-bond acceptors (Lipinski definition) is 7. The number of carbonyl (C=O) groups excluding carboxylic acids is 1. The number of nitrogens with one attached hydrogen (secondary N) is 2. The SMILES string of the molecule is Cc1cc(-c2cc(Nc3cc4n(n3)CCOC4)ncn2)ccc1CNC(=O)N1CC(OC(C)C)C1. The summed E-state index contributed by atoms with van der Waals surface area (Å²) in [7, 11) is 0. The fourth-order valence-electron chi connectivity index (χ4n) is 4.28. The predicted octanol–water partition coefficient (Wildman–Crippen LogP) is 3.24. The van der Waals surface area contributed by atoms with Crippen molar-refractivity contribution in [3.8, 4) is 11.3 Å². The molecule has 10 nitrogen and oxygen atoms in total. The first-order chi connectivity index (χ1) is 16.9. The lowest BCUT2D eigenvalue weighted by molar-refractivity contribution is -0.0641. The van der Waals surface area contributed by atoms with Crippen LogP contribution in [0, 0.1) is 6.92 Å². The number of ether oxygens (including phenoxy) is 2. The summed E-state index contributed by atoms with van der Waals surface area (Å²) >= 11 is 0. The molecule has 5 rings (SSSR count). The molecule has 2 aromatic heterocycles. The van der Waals surface area contributed by atoms with Gasteiger partial charge in [0, 0.05) is 24.2 Å². The number of aryl methyl sites for hydroxylation is 1. The van der Waals surface area contributed by atoms with Crippen molar-refractivity contribution in [1.29, 1.82) is 0 Å². The van der Waals surface area contributed by atoms with Crippen LogP contribution >= 0.6 is 0 Å². The second-order valence-corrected chi connectivity index (χ2v) is 9.22. The normalized spacial score (nSPS) is 15.6. The Hall–Kier alpha value is -3.50. The van der Waals surface area contributed by atoms with Crippen molar-refractivity contribution in [1.82, 2.24) is 30.0 Å². The Bertz CT molecular complexity index is 1180. The summed E-state index contributed by atoms with van der Waals surface area (Å²) in [5, 5.41) is 10.8. The molecule has 1 fully saturated rings. The van der Waals surface area contributed by atoms with Gasteiger partial charge in [0.05, 0.1) is 56.4 Å². The fourth-order valence-corrected chi connectivity index (χ4v) is 4.28. The molecule has 2 amide bonds. The van der Waals surface area contributed by atoms with Gasteiger partial charge in [-0.25, -0.2) is 14.8 Å². The monoisotopic (exact) mass is 477 g/mol. The molecule has 1 aromatic carbocycles. The molecule has 0 bridgehead atoms. The lowest BCUT2D eigenvalue weighted by Gasteiger charge is -2.39. The molecule has 0 aliphatic carbocycles. The first-order valence-corrected chi connectivity index (χ1v) is 12.0. The lowest BCUT2D eigenvalue weighted by atomic mass is 10.0. The van der Waals surface area contributed by atoms with Crippen LogP contribution in [0.2, 0.25) is 0 Å². The Labute approximate surface area is 204 Å². The second kappa shape index (κ2) is 10.0. The molecule has 10 heteroatoms. The van der Waals surface area contributed by atoms with Crippen LogP contribution in [0.25, 0.3) is 11.3 Å². The van der Waals surface area contributed by atoms with E-state index >= 15 is 0 Å². The van der Waals surface area contributed by atoms with Gasteiger partial charge in [0.2, 0.25) is 0 Å². The number of anilines is 2. The van der Waals surface area contributed by atoms with E-state index in [1.54, 1.807) is 11.2 Å². The van der Waals surface area contributed by atoms with E-state index in [0.717, 1.165) is 40.4 Å². The Kier molecular flexibility index (Phi) is 6.65. The maximum Gasteiger partial charge on any atom is 0.317 e. The highest BCUT2D eigenvalue weighted by molar-refractivity contribution is 5.75. The average Bonchev–Trinajstić information content (AvgIpc) is 3.22. The molecule has 4 heterocycles. The molecule has 3 aromatic rings. The molecule has 2 aliphatic heterocycles. The van der Waals surface area contributed by atoms with Gasteiger partial charge in [0.1, 0.15) is 12.1 Å². The van der Waals surface area contributed by atoms with E-state index in [1.807, 2.05) is 49.7 Å². The van der Waals surface area contributed by atoms with E-state index in [1.165, 1.54) is 0 Å². The number of carbonyl (C=O) groups is 1. The number of hydrogen-bond donors (Lipinski definition) is 2. The van der Waals surface area contributed by atoms with Crippen LogP contribution in [0.3, 0.4) is 0 Å².